The van der Waals surface area contributed by atoms with Gasteiger partial charge in [0.2, 0.25) is 5.91 Å². The van der Waals surface area contributed by atoms with Crippen LogP contribution in [0, 0.1) is 12.8 Å². The molecule has 0 aliphatic heterocycles. The van der Waals surface area contributed by atoms with Gasteiger partial charge in [-0.2, -0.15) is 0 Å². The van der Waals surface area contributed by atoms with E-state index < -0.39 is 22.8 Å². The van der Waals surface area contributed by atoms with Crippen molar-refractivity contribution in [3.8, 4) is 5.75 Å². The molecule has 0 bridgehead atoms. The van der Waals surface area contributed by atoms with E-state index in [2.05, 4.69) is 10.0 Å². The fourth-order valence-electron chi connectivity index (χ4n) is 3.94. The Bertz CT molecular complexity index is 1190. The molecule has 0 radical (unpaired) electrons. The van der Waals surface area contributed by atoms with E-state index >= 15 is 0 Å². The first-order valence-electron chi connectivity index (χ1n) is 12.0. The molecule has 37 heavy (non-hydrogen) atoms. The molecule has 0 saturated carbocycles. The van der Waals surface area contributed by atoms with Gasteiger partial charge in [-0.3, -0.25) is 13.9 Å². The van der Waals surface area contributed by atoms with E-state index in [1.165, 1.54) is 0 Å². The zero-order valence-corrected chi connectivity index (χ0v) is 22.4. The Kier molecular flexibility index (Phi) is 9.57. The molecule has 0 heterocycles. The third-order valence-corrected chi connectivity index (χ3v) is 7.26. The predicted octanol–water partition coefficient (Wildman–Crippen LogP) is 5.63. The van der Waals surface area contributed by atoms with Crippen LogP contribution in [0.2, 0.25) is 0 Å². The molecule has 3 amide bonds. The second kappa shape index (κ2) is 12.6. The maximum Gasteiger partial charge on any atom is 0.334 e. The van der Waals surface area contributed by atoms with E-state index in [4.69, 9.17) is 4.74 Å². The van der Waals surface area contributed by atoms with E-state index in [0.717, 1.165) is 5.56 Å². The number of hydrogen-bond acceptors (Lipinski definition) is 5. The van der Waals surface area contributed by atoms with Gasteiger partial charge >= 0.3 is 6.03 Å². The van der Waals surface area contributed by atoms with Gasteiger partial charge in [0.1, 0.15) is 11.8 Å². The summed E-state index contributed by atoms with van der Waals surface area (Å²) in [6.07, 6.45) is 0.224. The molecule has 4 N–H and O–H groups in total. The number of benzene rings is 3. The second-order valence-electron chi connectivity index (χ2n) is 9.17. The Morgan fingerprint density at radius 2 is 1.57 bits per heavy atom. The summed E-state index contributed by atoms with van der Waals surface area (Å²) in [5.41, 5.74) is 2.15. The van der Waals surface area contributed by atoms with Crippen molar-refractivity contribution in [2.45, 2.75) is 38.1 Å². The van der Waals surface area contributed by atoms with E-state index in [0.29, 0.717) is 23.5 Å². The first-order chi connectivity index (χ1) is 17.6. The minimum atomic E-state index is -3.63. The van der Waals surface area contributed by atoms with Crippen LogP contribution in [0.3, 0.4) is 0 Å². The molecule has 0 unspecified atom stereocenters. The number of carbonyl (C=O) groups is 2. The lowest BCUT2D eigenvalue weighted by atomic mass is 10.0. The van der Waals surface area contributed by atoms with Gasteiger partial charge in [0.15, 0.2) is 0 Å². The van der Waals surface area contributed by atoms with Gasteiger partial charge in [0, 0.05) is 18.7 Å². The second-order valence-corrected chi connectivity index (χ2v) is 10.9. The molecule has 0 spiro atoms. The van der Waals surface area contributed by atoms with Gasteiger partial charge in [-0.25, -0.2) is 9.52 Å². The highest BCUT2D eigenvalue weighted by atomic mass is 32.3. The van der Waals surface area contributed by atoms with Crippen LogP contribution >= 0.6 is 10.8 Å². The smallest absolute Gasteiger partial charge is 0.334 e. The number of nitrogens with one attached hydrogen (secondary N) is 2. The molecular weight excluding hydrogens is 490 g/mol. The molecule has 0 fully saturated rings. The Labute approximate surface area is 220 Å². The van der Waals surface area contributed by atoms with E-state index in [1.807, 2.05) is 44.2 Å². The summed E-state index contributed by atoms with van der Waals surface area (Å²) in [5, 5.41) is 2.69. The molecule has 0 aliphatic rings. The van der Waals surface area contributed by atoms with Gasteiger partial charge in [-0.05, 0) is 54.3 Å². The van der Waals surface area contributed by atoms with Crippen LogP contribution in [0.4, 0.5) is 10.5 Å². The minimum absolute atomic E-state index is 0.158. The Hall–Kier alpha value is -3.53. The number of urea groups is 1. The lowest BCUT2D eigenvalue weighted by Gasteiger charge is -2.35. The number of aryl methyl sites for hydroxylation is 1. The first kappa shape index (κ1) is 28.0. The van der Waals surface area contributed by atoms with Crippen molar-refractivity contribution >= 4 is 28.4 Å². The average Bonchev–Trinajstić information content (AvgIpc) is 2.87. The van der Waals surface area contributed by atoms with Crippen molar-refractivity contribution in [1.29, 1.82) is 0 Å². The average molecular weight is 526 g/mol. The van der Waals surface area contributed by atoms with Gasteiger partial charge < -0.3 is 15.0 Å². The maximum absolute atomic E-state index is 13.9. The van der Waals surface area contributed by atoms with Crippen molar-refractivity contribution < 1.29 is 23.4 Å². The Morgan fingerprint density at radius 3 is 2.16 bits per heavy atom. The van der Waals surface area contributed by atoms with Crippen molar-refractivity contribution in [1.82, 2.24) is 10.0 Å². The van der Waals surface area contributed by atoms with Gasteiger partial charge in [-0.1, -0.05) is 73.2 Å². The summed E-state index contributed by atoms with van der Waals surface area (Å²) < 4.78 is 28.9. The van der Waals surface area contributed by atoms with E-state index in [-0.39, 0.29) is 23.1 Å². The van der Waals surface area contributed by atoms with Crippen molar-refractivity contribution in [3.05, 3.63) is 90.0 Å². The predicted molar refractivity (Wildman–Crippen MR) is 148 cm³/mol. The summed E-state index contributed by atoms with van der Waals surface area (Å²) in [6, 6.07) is 21.4. The molecule has 8 nitrogen and oxygen atoms in total. The topological polar surface area (TPSA) is 111 Å². The first-order valence-corrected chi connectivity index (χ1v) is 13.6. The molecule has 3 aromatic rings. The number of nitrogens with zero attached hydrogens (tertiary/aromatic N) is 1. The summed E-state index contributed by atoms with van der Waals surface area (Å²) in [7, 11) is -2.06. The third kappa shape index (κ3) is 7.72. The highest BCUT2D eigenvalue weighted by molar-refractivity contribution is 8.23. The summed E-state index contributed by atoms with van der Waals surface area (Å²) >= 11 is 0. The normalized spacial score (nSPS) is 12.5. The van der Waals surface area contributed by atoms with Crippen LogP contribution < -0.4 is 19.7 Å². The number of anilines is 1. The standard InChI is InChI=1S/C28H35N3O5S/c1-20(2)19-31(23-14-16-24(36-4)17-15-23)27(32)25(18-22-11-6-5-7-12-22)29-28(33)30-37(34,35)26-13-9-8-10-21(26)3/h5-17,20,25,34-35H,18-19H2,1-4H3,(H2,29,30,33)/t25-/m0/s1. The Balaban J connectivity index is 1.88. The zero-order chi connectivity index (χ0) is 27.0. The lowest BCUT2D eigenvalue weighted by molar-refractivity contribution is -0.120. The highest BCUT2D eigenvalue weighted by Gasteiger charge is 2.30. The quantitative estimate of drug-likeness (QED) is 0.274. The van der Waals surface area contributed by atoms with Gasteiger partial charge in [-0.15, -0.1) is 0 Å². The maximum atomic E-state index is 13.9. The number of rotatable bonds is 10. The molecular formula is C28H35N3O5S. The van der Waals surface area contributed by atoms with Crippen LogP contribution in [0.15, 0.2) is 83.8 Å². The molecule has 3 rings (SSSR count). The van der Waals surface area contributed by atoms with Crippen molar-refractivity contribution in [2.24, 2.45) is 5.92 Å². The van der Waals surface area contributed by atoms with Crippen molar-refractivity contribution in [2.75, 3.05) is 18.6 Å². The highest BCUT2D eigenvalue weighted by Crippen LogP contribution is 2.45. The number of hydrogen-bond donors (Lipinski definition) is 4. The van der Waals surface area contributed by atoms with Crippen LogP contribution in [0.25, 0.3) is 0 Å². The fraction of sp³-hybridized carbons (Fsp3) is 0.286. The van der Waals surface area contributed by atoms with Crippen LogP contribution in [-0.2, 0) is 11.2 Å². The number of ether oxygens (including phenoxy) is 1. The van der Waals surface area contributed by atoms with Crippen molar-refractivity contribution in [3.63, 3.8) is 0 Å². The van der Waals surface area contributed by atoms with Gasteiger partial charge in [0.05, 0.1) is 12.0 Å². The lowest BCUT2D eigenvalue weighted by Crippen LogP contribution is -2.53. The molecule has 1 atom stereocenters. The monoisotopic (exact) mass is 525 g/mol. The van der Waals surface area contributed by atoms with Crippen LogP contribution in [0.5, 0.6) is 5.75 Å². The number of carbonyl (C=O) groups excluding carboxylic acids is 2. The minimum Gasteiger partial charge on any atom is -0.497 e. The van der Waals surface area contributed by atoms with Crippen LogP contribution in [0.1, 0.15) is 25.0 Å². The molecule has 0 saturated heterocycles. The molecule has 3 aromatic carbocycles. The number of methoxy groups -OCH3 is 1. The number of amides is 3. The fourth-order valence-corrected chi connectivity index (χ4v) is 5.15. The molecule has 0 aliphatic carbocycles. The SMILES string of the molecule is COc1ccc(N(CC(C)C)C(=O)[C@H](Cc2ccccc2)NC(=O)NS(O)(O)c2ccccc2C)cc1. The zero-order valence-electron chi connectivity index (χ0n) is 21.5. The summed E-state index contributed by atoms with van der Waals surface area (Å²) in [4.78, 5) is 28.8. The van der Waals surface area contributed by atoms with E-state index in [1.54, 1.807) is 67.5 Å². The Morgan fingerprint density at radius 1 is 0.946 bits per heavy atom. The van der Waals surface area contributed by atoms with E-state index in [9.17, 15) is 18.7 Å². The largest absolute Gasteiger partial charge is 0.497 e. The van der Waals surface area contributed by atoms with Crippen LogP contribution in [-0.4, -0.2) is 40.7 Å². The van der Waals surface area contributed by atoms with Gasteiger partial charge in [0.25, 0.3) is 0 Å². The molecule has 198 valence electrons. The molecule has 9 heteroatoms. The summed E-state index contributed by atoms with van der Waals surface area (Å²) in [6.45, 7) is 6.17. The third-order valence-electron chi connectivity index (χ3n) is 5.72. The summed E-state index contributed by atoms with van der Waals surface area (Å²) in [5.74, 6) is 0.510. The molecule has 0 aromatic heterocycles.